The molecular formula is C22H23N7O2. The van der Waals surface area contributed by atoms with Crippen molar-refractivity contribution in [1.29, 1.82) is 0 Å². The minimum atomic E-state index is -0.283. The van der Waals surface area contributed by atoms with Crippen molar-refractivity contribution in [1.82, 2.24) is 29.5 Å². The molecule has 0 aliphatic carbocycles. The van der Waals surface area contributed by atoms with Crippen molar-refractivity contribution < 1.29 is 4.79 Å². The number of carbonyl (C=O) groups excluding carboxylic acids is 1. The number of anilines is 1. The van der Waals surface area contributed by atoms with Crippen LogP contribution >= 0.6 is 0 Å². The number of rotatable bonds is 4. The zero-order valence-corrected chi connectivity index (χ0v) is 17.8. The van der Waals surface area contributed by atoms with Crippen molar-refractivity contribution >= 4 is 22.5 Å². The molecule has 0 fully saturated rings. The van der Waals surface area contributed by atoms with Gasteiger partial charge in [-0.3, -0.25) is 9.59 Å². The van der Waals surface area contributed by atoms with Crippen LogP contribution in [0.4, 0.5) is 5.82 Å². The third-order valence-electron chi connectivity index (χ3n) is 4.85. The molecule has 9 heteroatoms. The number of aromatic nitrogens is 6. The van der Waals surface area contributed by atoms with Crippen molar-refractivity contribution in [2.24, 2.45) is 7.05 Å². The van der Waals surface area contributed by atoms with Gasteiger partial charge in [0, 0.05) is 36.3 Å². The SMILES string of the molecule is Cn1nc(CC(=O)Nc2cc(C(C)(C)C)nn2-c2ncccn2)c2ccccc2c1=O. The number of aryl methyl sites for hydroxylation is 1. The molecular weight excluding hydrogens is 394 g/mol. The molecule has 0 aliphatic heterocycles. The van der Waals surface area contributed by atoms with Crippen LogP contribution in [0.1, 0.15) is 32.2 Å². The van der Waals surface area contributed by atoms with E-state index in [9.17, 15) is 9.59 Å². The molecule has 0 aliphatic rings. The summed E-state index contributed by atoms with van der Waals surface area (Å²) in [6, 6.07) is 10.7. The summed E-state index contributed by atoms with van der Waals surface area (Å²) in [5, 5.41) is 13.0. The minimum absolute atomic E-state index is 0.000309. The molecule has 3 aromatic heterocycles. The molecule has 1 amide bonds. The molecule has 3 heterocycles. The highest BCUT2D eigenvalue weighted by molar-refractivity contribution is 5.94. The highest BCUT2D eigenvalue weighted by atomic mass is 16.2. The third kappa shape index (κ3) is 4.07. The standard InChI is InChI=1S/C22H23N7O2/c1-22(2,3)17-13-18(29(27-17)21-23-10-7-11-24-21)25-19(30)12-16-14-8-5-6-9-15(14)20(31)28(4)26-16/h5-11,13H,12H2,1-4H3,(H,25,30). The fourth-order valence-electron chi connectivity index (χ4n) is 3.24. The number of nitrogens with one attached hydrogen (secondary N) is 1. The Hall–Kier alpha value is -3.88. The van der Waals surface area contributed by atoms with Gasteiger partial charge in [0.15, 0.2) is 0 Å². The van der Waals surface area contributed by atoms with E-state index in [1.807, 2.05) is 32.9 Å². The van der Waals surface area contributed by atoms with Crippen molar-refractivity contribution in [3.63, 3.8) is 0 Å². The van der Waals surface area contributed by atoms with Gasteiger partial charge in [0.05, 0.1) is 23.2 Å². The zero-order valence-electron chi connectivity index (χ0n) is 17.8. The summed E-state index contributed by atoms with van der Waals surface area (Å²) >= 11 is 0. The summed E-state index contributed by atoms with van der Waals surface area (Å²) in [5.74, 6) is 0.545. The second kappa shape index (κ2) is 7.75. The fourth-order valence-corrected chi connectivity index (χ4v) is 3.24. The molecule has 9 nitrogen and oxygen atoms in total. The van der Waals surface area contributed by atoms with Crippen LogP contribution in [0.2, 0.25) is 0 Å². The van der Waals surface area contributed by atoms with E-state index in [4.69, 9.17) is 0 Å². The van der Waals surface area contributed by atoms with Crippen molar-refractivity contribution in [3.05, 3.63) is 70.5 Å². The van der Waals surface area contributed by atoms with Crippen molar-refractivity contribution in [3.8, 4) is 5.95 Å². The van der Waals surface area contributed by atoms with Gasteiger partial charge in [-0.1, -0.05) is 39.0 Å². The Bertz CT molecular complexity index is 1320. The summed E-state index contributed by atoms with van der Waals surface area (Å²) in [6.07, 6.45) is 3.24. The normalized spacial score (nSPS) is 11.6. The van der Waals surface area contributed by atoms with Gasteiger partial charge in [-0.05, 0) is 12.1 Å². The van der Waals surface area contributed by atoms with Gasteiger partial charge in [0.2, 0.25) is 5.91 Å². The average Bonchev–Trinajstić information content (AvgIpc) is 3.16. The second-order valence-corrected chi connectivity index (χ2v) is 8.27. The highest BCUT2D eigenvalue weighted by Gasteiger charge is 2.23. The van der Waals surface area contributed by atoms with Gasteiger partial charge in [0.25, 0.3) is 11.5 Å². The monoisotopic (exact) mass is 417 g/mol. The number of fused-ring (bicyclic) bond motifs is 1. The maximum atomic E-state index is 12.9. The minimum Gasteiger partial charge on any atom is -0.310 e. The third-order valence-corrected chi connectivity index (χ3v) is 4.85. The van der Waals surface area contributed by atoms with E-state index < -0.39 is 0 Å². The Morgan fingerprint density at radius 2 is 1.71 bits per heavy atom. The first kappa shape index (κ1) is 20.4. The average molecular weight is 417 g/mol. The molecule has 31 heavy (non-hydrogen) atoms. The van der Waals surface area contributed by atoms with Gasteiger partial charge in [-0.25, -0.2) is 14.6 Å². The summed E-state index contributed by atoms with van der Waals surface area (Å²) < 4.78 is 2.77. The predicted octanol–water partition coefficient (Wildman–Crippen LogP) is 2.39. The maximum Gasteiger partial charge on any atom is 0.274 e. The molecule has 4 aromatic rings. The highest BCUT2D eigenvalue weighted by Crippen LogP contribution is 2.25. The van der Waals surface area contributed by atoms with E-state index in [1.54, 1.807) is 43.7 Å². The van der Waals surface area contributed by atoms with Gasteiger partial charge in [-0.15, -0.1) is 0 Å². The molecule has 0 saturated carbocycles. The van der Waals surface area contributed by atoms with Crippen LogP contribution in [-0.2, 0) is 23.7 Å². The van der Waals surface area contributed by atoms with Crippen LogP contribution in [0.5, 0.6) is 0 Å². The Kier molecular flexibility index (Phi) is 5.10. The number of nitrogens with zero attached hydrogens (tertiary/aromatic N) is 6. The van der Waals surface area contributed by atoms with Gasteiger partial charge >= 0.3 is 0 Å². The van der Waals surface area contributed by atoms with E-state index in [1.165, 1.54) is 9.36 Å². The topological polar surface area (TPSA) is 108 Å². The lowest BCUT2D eigenvalue weighted by atomic mass is 9.92. The van der Waals surface area contributed by atoms with E-state index in [2.05, 4.69) is 25.5 Å². The number of hydrogen-bond donors (Lipinski definition) is 1. The van der Waals surface area contributed by atoms with E-state index in [0.717, 1.165) is 5.69 Å². The van der Waals surface area contributed by atoms with E-state index in [0.29, 0.717) is 28.2 Å². The molecule has 0 spiro atoms. The first-order valence-electron chi connectivity index (χ1n) is 9.87. The Morgan fingerprint density at radius 3 is 2.39 bits per heavy atom. The lowest BCUT2D eigenvalue weighted by Crippen LogP contribution is -2.24. The summed E-state index contributed by atoms with van der Waals surface area (Å²) in [6.45, 7) is 6.12. The molecule has 0 bridgehead atoms. The summed E-state index contributed by atoms with van der Waals surface area (Å²) in [4.78, 5) is 33.8. The number of benzene rings is 1. The molecule has 1 N–H and O–H groups in total. The van der Waals surface area contributed by atoms with Gasteiger partial charge < -0.3 is 5.32 Å². The quantitative estimate of drug-likeness (QED) is 0.546. The smallest absolute Gasteiger partial charge is 0.274 e. The number of carbonyl (C=O) groups is 1. The predicted molar refractivity (Wildman–Crippen MR) is 117 cm³/mol. The van der Waals surface area contributed by atoms with Crippen molar-refractivity contribution in [2.75, 3.05) is 5.32 Å². The number of hydrogen-bond acceptors (Lipinski definition) is 6. The first-order chi connectivity index (χ1) is 14.7. The largest absolute Gasteiger partial charge is 0.310 e. The van der Waals surface area contributed by atoms with Crippen LogP contribution in [0.15, 0.2) is 53.6 Å². The second-order valence-electron chi connectivity index (χ2n) is 8.27. The number of amides is 1. The van der Waals surface area contributed by atoms with Gasteiger partial charge in [-0.2, -0.15) is 14.9 Å². The van der Waals surface area contributed by atoms with Crippen molar-refractivity contribution in [2.45, 2.75) is 32.6 Å². The Morgan fingerprint density at radius 1 is 1.03 bits per heavy atom. The Balaban J connectivity index is 1.68. The molecule has 158 valence electrons. The lowest BCUT2D eigenvalue weighted by molar-refractivity contribution is -0.115. The van der Waals surface area contributed by atoms with Crippen LogP contribution in [-0.4, -0.2) is 35.4 Å². The lowest BCUT2D eigenvalue weighted by Gasteiger charge is -2.13. The summed E-state index contributed by atoms with van der Waals surface area (Å²) in [7, 11) is 1.58. The molecule has 0 unspecified atom stereocenters. The molecule has 4 rings (SSSR count). The van der Waals surface area contributed by atoms with E-state index in [-0.39, 0.29) is 23.3 Å². The van der Waals surface area contributed by atoms with Crippen LogP contribution in [0, 0.1) is 0 Å². The fraction of sp³-hybridized carbons (Fsp3) is 0.273. The molecule has 0 saturated heterocycles. The molecule has 0 radical (unpaired) electrons. The van der Waals surface area contributed by atoms with Crippen LogP contribution in [0.3, 0.4) is 0 Å². The van der Waals surface area contributed by atoms with Crippen LogP contribution in [0.25, 0.3) is 16.7 Å². The van der Waals surface area contributed by atoms with Crippen LogP contribution < -0.4 is 10.9 Å². The molecule has 0 atom stereocenters. The van der Waals surface area contributed by atoms with Gasteiger partial charge in [0.1, 0.15) is 5.82 Å². The Labute approximate surface area is 178 Å². The molecule has 1 aromatic carbocycles. The summed E-state index contributed by atoms with van der Waals surface area (Å²) in [5.41, 5.74) is 0.887. The van der Waals surface area contributed by atoms with E-state index >= 15 is 0 Å². The first-order valence-corrected chi connectivity index (χ1v) is 9.87. The maximum absolute atomic E-state index is 12.9. The zero-order chi connectivity index (χ0) is 22.2.